The van der Waals surface area contributed by atoms with E-state index in [9.17, 15) is 22.8 Å². The molecule has 2 aromatic heterocycles. The van der Waals surface area contributed by atoms with Crippen molar-refractivity contribution >= 4 is 23.1 Å². The minimum Gasteiger partial charge on any atom is -0.366 e. The summed E-state index contributed by atoms with van der Waals surface area (Å²) in [5, 5.41) is 2.92. The molecular formula is C22H25F3N6O3. The summed E-state index contributed by atoms with van der Waals surface area (Å²) in [7, 11) is 0. The van der Waals surface area contributed by atoms with Crippen molar-refractivity contribution in [2.45, 2.75) is 44.0 Å². The number of carbonyl (C=O) groups is 2. The molecule has 12 heteroatoms. The van der Waals surface area contributed by atoms with E-state index in [1.165, 1.54) is 0 Å². The number of piperidine rings is 1. The number of nitrogens with zero attached hydrogens (tertiary/aromatic N) is 4. The summed E-state index contributed by atoms with van der Waals surface area (Å²) >= 11 is 0. The number of likely N-dealkylation sites (tertiary alicyclic amines) is 2. The maximum absolute atomic E-state index is 12.9. The Morgan fingerprint density at radius 1 is 1.26 bits per heavy atom. The number of nitrogens with one attached hydrogen (secondary N) is 2. The van der Waals surface area contributed by atoms with Crippen molar-refractivity contribution in [1.82, 2.24) is 30.1 Å². The van der Waals surface area contributed by atoms with Crippen molar-refractivity contribution in [1.29, 1.82) is 0 Å². The van der Waals surface area contributed by atoms with Crippen LogP contribution in [0.4, 0.5) is 18.0 Å². The van der Waals surface area contributed by atoms with Gasteiger partial charge in [-0.3, -0.25) is 4.79 Å². The van der Waals surface area contributed by atoms with E-state index < -0.39 is 12.0 Å². The van der Waals surface area contributed by atoms with Gasteiger partial charge in [-0.25, -0.2) is 14.8 Å². The van der Waals surface area contributed by atoms with E-state index in [1.54, 1.807) is 17.2 Å². The van der Waals surface area contributed by atoms with Gasteiger partial charge in [0.05, 0.1) is 17.7 Å². The van der Waals surface area contributed by atoms with E-state index >= 15 is 0 Å². The molecule has 2 aromatic rings. The lowest BCUT2D eigenvalue weighted by molar-refractivity contribution is -0.144. The normalized spacial score (nSPS) is 26.7. The van der Waals surface area contributed by atoms with Gasteiger partial charge in [0.15, 0.2) is 5.65 Å². The first kappa shape index (κ1) is 21.6. The molecule has 0 radical (unpaired) electrons. The predicted octanol–water partition coefficient (Wildman–Crippen LogP) is 1.94. The molecule has 3 aliphatic heterocycles. The van der Waals surface area contributed by atoms with Gasteiger partial charge < -0.3 is 24.8 Å². The van der Waals surface area contributed by atoms with Crippen LogP contribution in [-0.4, -0.2) is 81.6 Å². The summed E-state index contributed by atoms with van der Waals surface area (Å²) in [5.41, 5.74) is 1.40. The minimum absolute atomic E-state index is 0.0155. The number of H-pyrrole nitrogens is 1. The number of hydrogen-bond donors (Lipinski definition) is 2. The van der Waals surface area contributed by atoms with Crippen molar-refractivity contribution in [2.24, 2.45) is 11.3 Å². The number of morpholine rings is 1. The Labute approximate surface area is 193 Å². The molecule has 3 saturated heterocycles. The number of alkyl halides is 3. The zero-order valence-corrected chi connectivity index (χ0v) is 18.4. The molecule has 6 rings (SSSR count). The quantitative estimate of drug-likeness (QED) is 0.687. The number of halogens is 3. The second-order valence-electron chi connectivity index (χ2n) is 10.2. The number of ether oxygens (including phenoxy) is 1. The van der Waals surface area contributed by atoms with Crippen LogP contribution < -0.4 is 5.32 Å². The van der Waals surface area contributed by atoms with Crippen LogP contribution in [0.2, 0.25) is 0 Å². The number of fused-ring (bicyclic) bond motifs is 2. The molecular weight excluding hydrogens is 453 g/mol. The Bertz CT molecular complexity index is 1140. The third-order valence-electron chi connectivity index (χ3n) is 7.55. The van der Waals surface area contributed by atoms with Crippen LogP contribution in [0.3, 0.4) is 0 Å². The van der Waals surface area contributed by atoms with Gasteiger partial charge in [0.1, 0.15) is 6.61 Å². The third-order valence-corrected chi connectivity index (χ3v) is 7.55. The Morgan fingerprint density at radius 2 is 2.06 bits per heavy atom. The van der Waals surface area contributed by atoms with Gasteiger partial charge in [0.25, 0.3) is 0 Å². The fourth-order valence-electron chi connectivity index (χ4n) is 6.06. The van der Waals surface area contributed by atoms with Gasteiger partial charge in [0.2, 0.25) is 11.7 Å². The van der Waals surface area contributed by atoms with Gasteiger partial charge in [-0.15, -0.1) is 0 Å². The lowest BCUT2D eigenvalue weighted by atomic mass is 9.56. The molecule has 182 valence electrons. The van der Waals surface area contributed by atoms with E-state index in [0.29, 0.717) is 24.5 Å². The summed E-state index contributed by atoms with van der Waals surface area (Å²) in [6.07, 6.45) is 0.489. The summed E-state index contributed by atoms with van der Waals surface area (Å²) in [4.78, 5) is 38.1. The third kappa shape index (κ3) is 3.77. The summed E-state index contributed by atoms with van der Waals surface area (Å²) in [6.45, 7) is 2.64. The van der Waals surface area contributed by atoms with E-state index in [-0.39, 0.29) is 41.8 Å². The summed E-state index contributed by atoms with van der Waals surface area (Å²) < 4.78 is 44.1. The highest BCUT2D eigenvalue weighted by molar-refractivity contribution is 5.79. The van der Waals surface area contributed by atoms with E-state index in [1.807, 2.05) is 4.90 Å². The number of rotatable bonds is 2. The number of aromatic amines is 1. The topological polar surface area (TPSA) is 103 Å². The molecule has 5 heterocycles. The average molecular weight is 478 g/mol. The maximum Gasteiger partial charge on any atom is 0.449 e. The smallest absolute Gasteiger partial charge is 0.366 e. The highest BCUT2D eigenvalue weighted by Gasteiger charge is 2.54. The zero-order chi connectivity index (χ0) is 23.7. The Kier molecular flexibility index (Phi) is 4.81. The van der Waals surface area contributed by atoms with Gasteiger partial charge in [-0.2, -0.15) is 13.2 Å². The van der Waals surface area contributed by atoms with Gasteiger partial charge in [0, 0.05) is 37.8 Å². The molecule has 34 heavy (non-hydrogen) atoms. The van der Waals surface area contributed by atoms with Gasteiger partial charge in [-0.1, -0.05) is 0 Å². The summed E-state index contributed by atoms with van der Waals surface area (Å²) in [6, 6.07) is 1.57. The van der Waals surface area contributed by atoms with Crippen molar-refractivity contribution in [3.63, 3.8) is 0 Å². The van der Waals surface area contributed by atoms with E-state index in [4.69, 9.17) is 4.74 Å². The van der Waals surface area contributed by atoms with Crippen molar-refractivity contribution in [2.75, 3.05) is 32.8 Å². The molecule has 1 spiro atoms. The van der Waals surface area contributed by atoms with Crippen LogP contribution in [0.1, 0.15) is 30.7 Å². The van der Waals surface area contributed by atoms with Gasteiger partial charge >= 0.3 is 12.2 Å². The molecule has 0 unspecified atom stereocenters. The highest BCUT2D eigenvalue weighted by Crippen LogP contribution is 2.53. The van der Waals surface area contributed by atoms with Crippen LogP contribution >= 0.6 is 0 Å². The number of pyridine rings is 1. The number of hydrogen-bond acceptors (Lipinski definition) is 5. The van der Waals surface area contributed by atoms with Crippen LogP contribution in [0.25, 0.3) is 11.2 Å². The summed E-state index contributed by atoms with van der Waals surface area (Å²) in [5.74, 6) is -0.745. The van der Waals surface area contributed by atoms with Crippen LogP contribution in [0, 0.1) is 11.3 Å². The molecule has 1 saturated carbocycles. The lowest BCUT2D eigenvalue weighted by Crippen LogP contribution is -2.68. The fraction of sp³-hybridized carbons (Fsp3) is 0.636. The second kappa shape index (κ2) is 7.56. The minimum atomic E-state index is -4.53. The lowest BCUT2D eigenvalue weighted by Gasteiger charge is -2.60. The van der Waals surface area contributed by atoms with Gasteiger partial charge in [-0.05, 0) is 43.2 Å². The molecule has 0 bridgehead atoms. The number of imidazole rings is 1. The molecule has 1 aliphatic carbocycles. The fourth-order valence-corrected chi connectivity index (χ4v) is 6.06. The first-order valence-electron chi connectivity index (χ1n) is 11.5. The number of urea groups is 1. The Balaban J connectivity index is 1.00. The monoisotopic (exact) mass is 478 g/mol. The number of amides is 3. The molecule has 9 nitrogen and oxygen atoms in total. The predicted molar refractivity (Wildman–Crippen MR) is 113 cm³/mol. The second-order valence-corrected chi connectivity index (χ2v) is 10.2. The van der Waals surface area contributed by atoms with Crippen molar-refractivity contribution in [3.05, 3.63) is 23.7 Å². The molecule has 2 N–H and O–H groups in total. The van der Waals surface area contributed by atoms with E-state index in [2.05, 4.69) is 20.3 Å². The standard InChI is InChI=1S/C22H25F3N6O3/c23-22(24,25)19-28-14-4-12(7-26-18(14)29-19)3-13-5-21(6-13)10-31(11-21)20(33)30-2-1-16-15(8-30)27-17(32)9-34-16/h4,7,13,15-16H,1-3,5-6,8-11H2,(H,27,32)(H,26,28,29)/t15-,16+/m1/s1. The molecule has 2 atom stereocenters. The van der Waals surface area contributed by atoms with Crippen molar-refractivity contribution < 1.29 is 27.5 Å². The Hall–Kier alpha value is -2.89. The van der Waals surface area contributed by atoms with Crippen LogP contribution in [0.5, 0.6) is 0 Å². The first-order valence-corrected chi connectivity index (χ1v) is 11.5. The molecule has 0 aromatic carbocycles. The maximum atomic E-state index is 12.9. The average Bonchev–Trinajstić information content (AvgIpc) is 3.17. The molecule has 3 amide bonds. The largest absolute Gasteiger partial charge is 0.449 e. The van der Waals surface area contributed by atoms with Crippen LogP contribution in [-0.2, 0) is 22.1 Å². The highest BCUT2D eigenvalue weighted by atomic mass is 19.4. The first-order chi connectivity index (χ1) is 16.2. The Morgan fingerprint density at radius 3 is 2.82 bits per heavy atom. The molecule has 4 fully saturated rings. The number of carbonyl (C=O) groups excluding carboxylic acids is 2. The zero-order valence-electron chi connectivity index (χ0n) is 18.4. The number of aromatic nitrogens is 3. The molecule has 4 aliphatic rings. The van der Waals surface area contributed by atoms with Crippen LogP contribution in [0.15, 0.2) is 12.3 Å². The van der Waals surface area contributed by atoms with E-state index in [0.717, 1.165) is 44.3 Å². The van der Waals surface area contributed by atoms with Crippen molar-refractivity contribution in [3.8, 4) is 0 Å². The SMILES string of the molecule is O=C1CO[C@H]2CCN(C(=O)N3CC4(CC(Cc5cnc6nc(C(F)(F)F)[nH]c6c5)C4)C3)C[C@H]2N1.